The molecule has 1 unspecified atom stereocenters. The van der Waals surface area contributed by atoms with Crippen LogP contribution in [0.3, 0.4) is 0 Å². The predicted octanol–water partition coefficient (Wildman–Crippen LogP) is 2.00. The molecule has 3 aliphatic rings. The molecule has 1 atom stereocenters. The molecule has 3 heteroatoms. The average molecular weight is 266 g/mol. The molecule has 3 saturated carbocycles. The van der Waals surface area contributed by atoms with Gasteiger partial charge in [-0.25, -0.2) is 0 Å². The number of hydrogen-bond donors (Lipinski definition) is 2. The fourth-order valence-corrected chi connectivity index (χ4v) is 3.53. The summed E-state index contributed by atoms with van der Waals surface area (Å²) < 4.78 is 0. The summed E-state index contributed by atoms with van der Waals surface area (Å²) in [6, 6.07) is 0.690. The van der Waals surface area contributed by atoms with Crippen LogP contribution in [0.15, 0.2) is 0 Å². The van der Waals surface area contributed by atoms with Gasteiger partial charge in [-0.3, -0.25) is 0 Å². The van der Waals surface area contributed by atoms with Gasteiger partial charge in [-0.15, -0.1) is 0 Å². The highest BCUT2D eigenvalue weighted by atomic mass is 16.3. The third kappa shape index (κ3) is 3.32. The van der Waals surface area contributed by atoms with Crippen LogP contribution in [-0.4, -0.2) is 47.8 Å². The number of hydrogen-bond acceptors (Lipinski definition) is 3. The van der Waals surface area contributed by atoms with E-state index in [1.807, 2.05) is 0 Å². The van der Waals surface area contributed by atoms with Gasteiger partial charge < -0.3 is 15.3 Å². The van der Waals surface area contributed by atoms with Gasteiger partial charge in [-0.05, 0) is 56.9 Å². The van der Waals surface area contributed by atoms with E-state index in [0.29, 0.717) is 18.6 Å². The van der Waals surface area contributed by atoms with E-state index in [-0.39, 0.29) is 5.54 Å². The summed E-state index contributed by atoms with van der Waals surface area (Å²) in [5, 5.41) is 13.8. The number of nitrogens with one attached hydrogen (secondary N) is 1. The molecule has 0 aromatic rings. The van der Waals surface area contributed by atoms with Gasteiger partial charge >= 0.3 is 0 Å². The molecule has 0 spiro atoms. The molecule has 0 heterocycles. The molecule has 0 aliphatic heterocycles. The Labute approximate surface area is 117 Å². The summed E-state index contributed by atoms with van der Waals surface area (Å²) in [7, 11) is 0. The highest BCUT2D eigenvalue weighted by molar-refractivity contribution is 5.06. The average Bonchev–Trinajstić information content (AvgIpc) is 3.23. The highest BCUT2D eigenvalue weighted by Crippen LogP contribution is 2.42. The summed E-state index contributed by atoms with van der Waals surface area (Å²) in [5.74, 6) is 1.64. The van der Waals surface area contributed by atoms with Crippen LogP contribution in [0, 0.1) is 11.8 Å². The fourth-order valence-electron chi connectivity index (χ4n) is 3.53. The maximum atomic E-state index is 10.0. The first-order valence-electron chi connectivity index (χ1n) is 8.36. The topological polar surface area (TPSA) is 35.5 Å². The van der Waals surface area contributed by atoms with E-state index in [1.54, 1.807) is 0 Å². The second-order valence-electron chi connectivity index (χ2n) is 7.13. The Balaban J connectivity index is 1.60. The summed E-state index contributed by atoms with van der Waals surface area (Å²) >= 11 is 0. The molecule has 0 aromatic carbocycles. The van der Waals surface area contributed by atoms with Crippen LogP contribution in [0.4, 0.5) is 0 Å². The predicted molar refractivity (Wildman–Crippen MR) is 78.2 cm³/mol. The Bertz CT molecular complexity index is 297. The van der Waals surface area contributed by atoms with Gasteiger partial charge in [0.25, 0.3) is 0 Å². The maximum absolute atomic E-state index is 10.0. The molecule has 3 rings (SSSR count). The zero-order valence-electron chi connectivity index (χ0n) is 12.4. The minimum absolute atomic E-state index is 0.000916. The van der Waals surface area contributed by atoms with E-state index < -0.39 is 0 Å². The summed E-state index contributed by atoms with van der Waals surface area (Å²) in [4.78, 5) is 2.59. The van der Waals surface area contributed by atoms with E-state index in [1.165, 1.54) is 51.5 Å². The van der Waals surface area contributed by atoms with Crippen LogP contribution in [0.25, 0.3) is 0 Å². The Morgan fingerprint density at radius 1 is 1.16 bits per heavy atom. The molecule has 0 amide bonds. The fraction of sp³-hybridized carbons (Fsp3) is 1.00. The van der Waals surface area contributed by atoms with Crippen molar-refractivity contribution in [2.45, 2.75) is 63.5 Å². The Hall–Kier alpha value is -0.120. The second-order valence-corrected chi connectivity index (χ2v) is 7.13. The quantitative estimate of drug-likeness (QED) is 0.670. The smallest absolute Gasteiger partial charge is 0.0628 e. The lowest BCUT2D eigenvalue weighted by Crippen LogP contribution is -2.59. The van der Waals surface area contributed by atoms with Crippen LogP contribution >= 0.6 is 0 Å². The molecular weight excluding hydrogens is 236 g/mol. The lowest BCUT2D eigenvalue weighted by Gasteiger charge is -2.40. The van der Waals surface area contributed by atoms with Crippen LogP contribution in [0.5, 0.6) is 0 Å². The van der Waals surface area contributed by atoms with E-state index in [4.69, 9.17) is 0 Å². The molecule has 2 N–H and O–H groups in total. The lowest BCUT2D eigenvalue weighted by atomic mass is 9.84. The SMILES string of the molecule is CCN(CC1CCC1)CC(CO)(NC1CC1)C1CC1. The van der Waals surface area contributed by atoms with Crippen molar-refractivity contribution in [3.63, 3.8) is 0 Å². The standard InChI is InChI=1S/C16H30N2O/c1-2-18(10-13-4-3-5-13)11-16(12-19,14-6-7-14)17-15-8-9-15/h13-15,17,19H,2-12H2,1H3. The van der Waals surface area contributed by atoms with Gasteiger partial charge in [0.15, 0.2) is 0 Å². The van der Waals surface area contributed by atoms with Crippen molar-refractivity contribution in [2.75, 3.05) is 26.2 Å². The monoisotopic (exact) mass is 266 g/mol. The summed E-state index contributed by atoms with van der Waals surface area (Å²) in [6.07, 6.45) is 9.50. The first-order valence-corrected chi connectivity index (χ1v) is 8.36. The maximum Gasteiger partial charge on any atom is 0.0628 e. The zero-order chi connectivity index (χ0) is 13.3. The lowest BCUT2D eigenvalue weighted by molar-refractivity contribution is 0.0752. The Morgan fingerprint density at radius 2 is 1.89 bits per heavy atom. The van der Waals surface area contributed by atoms with Crippen LogP contribution in [-0.2, 0) is 0 Å². The normalized spacial score (nSPS) is 27.3. The van der Waals surface area contributed by atoms with Crippen LogP contribution in [0.1, 0.15) is 51.9 Å². The van der Waals surface area contributed by atoms with Gasteiger partial charge in [-0.1, -0.05) is 13.3 Å². The summed E-state index contributed by atoms with van der Waals surface area (Å²) in [5.41, 5.74) is 0.000916. The molecule has 0 aromatic heterocycles. The van der Waals surface area contributed by atoms with Crippen molar-refractivity contribution >= 4 is 0 Å². The Morgan fingerprint density at radius 3 is 2.32 bits per heavy atom. The van der Waals surface area contributed by atoms with E-state index in [9.17, 15) is 5.11 Å². The zero-order valence-corrected chi connectivity index (χ0v) is 12.4. The van der Waals surface area contributed by atoms with Gasteiger partial charge in [-0.2, -0.15) is 0 Å². The molecule has 3 aliphatic carbocycles. The van der Waals surface area contributed by atoms with E-state index >= 15 is 0 Å². The minimum atomic E-state index is 0.000916. The van der Waals surface area contributed by atoms with E-state index in [0.717, 1.165) is 19.0 Å². The van der Waals surface area contributed by atoms with Crippen molar-refractivity contribution in [2.24, 2.45) is 11.8 Å². The molecule has 0 bridgehead atoms. The molecule has 3 nitrogen and oxygen atoms in total. The molecule has 0 saturated heterocycles. The Kier molecular flexibility index (Phi) is 4.16. The van der Waals surface area contributed by atoms with E-state index in [2.05, 4.69) is 17.1 Å². The van der Waals surface area contributed by atoms with Gasteiger partial charge in [0.2, 0.25) is 0 Å². The van der Waals surface area contributed by atoms with Crippen molar-refractivity contribution in [1.29, 1.82) is 0 Å². The van der Waals surface area contributed by atoms with Gasteiger partial charge in [0, 0.05) is 19.1 Å². The second kappa shape index (κ2) is 5.71. The third-order valence-electron chi connectivity index (χ3n) is 5.40. The van der Waals surface area contributed by atoms with Crippen molar-refractivity contribution < 1.29 is 5.11 Å². The molecular formula is C16H30N2O. The van der Waals surface area contributed by atoms with Crippen LogP contribution < -0.4 is 5.32 Å². The number of rotatable bonds is 9. The van der Waals surface area contributed by atoms with Gasteiger partial charge in [0.05, 0.1) is 12.1 Å². The number of aliphatic hydroxyl groups excluding tert-OH is 1. The first kappa shape index (κ1) is 13.8. The number of likely N-dealkylation sites (N-methyl/N-ethyl adjacent to an activating group) is 1. The molecule has 0 radical (unpaired) electrons. The third-order valence-corrected chi connectivity index (χ3v) is 5.40. The van der Waals surface area contributed by atoms with Crippen molar-refractivity contribution in [3.8, 4) is 0 Å². The summed E-state index contributed by atoms with van der Waals surface area (Å²) in [6.45, 7) is 6.01. The highest BCUT2D eigenvalue weighted by Gasteiger charge is 2.48. The molecule has 19 heavy (non-hydrogen) atoms. The van der Waals surface area contributed by atoms with Crippen molar-refractivity contribution in [3.05, 3.63) is 0 Å². The first-order chi connectivity index (χ1) is 9.25. The number of nitrogens with zero attached hydrogens (tertiary/aromatic N) is 1. The van der Waals surface area contributed by atoms with Gasteiger partial charge in [0.1, 0.15) is 0 Å². The molecule has 3 fully saturated rings. The van der Waals surface area contributed by atoms with Crippen LogP contribution in [0.2, 0.25) is 0 Å². The largest absolute Gasteiger partial charge is 0.394 e. The number of aliphatic hydroxyl groups is 1. The minimum Gasteiger partial charge on any atom is -0.394 e. The molecule has 110 valence electrons. The van der Waals surface area contributed by atoms with Crippen molar-refractivity contribution in [1.82, 2.24) is 10.2 Å².